The van der Waals surface area contributed by atoms with Gasteiger partial charge in [-0.05, 0) is 37.0 Å². The maximum atomic E-state index is 12.8. The van der Waals surface area contributed by atoms with Gasteiger partial charge in [0, 0.05) is 19.3 Å². The van der Waals surface area contributed by atoms with E-state index in [9.17, 15) is 14.4 Å². The van der Waals surface area contributed by atoms with E-state index in [0.717, 1.165) is 75.5 Å². The van der Waals surface area contributed by atoms with Gasteiger partial charge >= 0.3 is 17.9 Å². The lowest BCUT2D eigenvalue weighted by Crippen LogP contribution is -2.30. The van der Waals surface area contributed by atoms with Crippen LogP contribution in [0.1, 0.15) is 286 Å². The zero-order valence-corrected chi connectivity index (χ0v) is 40.5. The van der Waals surface area contributed by atoms with E-state index in [1.54, 1.807) is 0 Å². The molecule has 59 heavy (non-hydrogen) atoms. The molecule has 6 nitrogen and oxygen atoms in total. The molecule has 6 heteroatoms. The van der Waals surface area contributed by atoms with Crippen LogP contribution in [0, 0.1) is 17.8 Å². The molecule has 0 aromatic carbocycles. The third-order valence-electron chi connectivity index (χ3n) is 11.9. The maximum absolute atomic E-state index is 12.8. The summed E-state index contributed by atoms with van der Waals surface area (Å²) < 4.78 is 16.8. The van der Waals surface area contributed by atoms with Gasteiger partial charge in [-0.25, -0.2) is 0 Å². The minimum Gasteiger partial charge on any atom is -0.462 e. The number of rotatable bonds is 46. The molecule has 0 aliphatic carbocycles. The summed E-state index contributed by atoms with van der Waals surface area (Å²) in [6.07, 6.45) is 43.8. The number of carbonyl (C=O) groups is 3. The number of unbranched alkanes of at least 4 members (excludes halogenated alkanes) is 29. The molecule has 0 bridgehead atoms. The molecule has 0 spiro atoms. The molecule has 0 saturated heterocycles. The zero-order valence-electron chi connectivity index (χ0n) is 40.5. The number of ether oxygens (including phenoxy) is 3. The van der Waals surface area contributed by atoms with Gasteiger partial charge in [0.1, 0.15) is 13.2 Å². The summed E-state index contributed by atoms with van der Waals surface area (Å²) in [4.78, 5) is 38.0. The van der Waals surface area contributed by atoms with Crippen molar-refractivity contribution in [3.05, 3.63) is 0 Å². The highest BCUT2D eigenvalue weighted by molar-refractivity contribution is 5.71. The molecule has 0 radical (unpaired) electrons. The van der Waals surface area contributed by atoms with Gasteiger partial charge in [-0.3, -0.25) is 14.4 Å². The van der Waals surface area contributed by atoms with Crippen molar-refractivity contribution >= 4 is 17.9 Å². The SMILES string of the molecule is CC(C)CCCCCCCCCCCCCCC(=O)OC[C@H](COC(=O)CCCCCCCCCCCC(C)C)OC(=O)CCCCCCCCCCCCCC(C)C. The monoisotopic (exact) mass is 835 g/mol. The van der Waals surface area contributed by atoms with Crippen molar-refractivity contribution < 1.29 is 28.6 Å². The molecule has 1 atom stereocenters. The average molecular weight is 835 g/mol. The fraction of sp³-hybridized carbons (Fsp3) is 0.943. The molecule has 0 aliphatic heterocycles. The van der Waals surface area contributed by atoms with Crippen molar-refractivity contribution in [1.29, 1.82) is 0 Å². The second-order valence-corrected chi connectivity index (χ2v) is 19.6. The highest BCUT2D eigenvalue weighted by Crippen LogP contribution is 2.18. The van der Waals surface area contributed by atoms with Gasteiger partial charge in [0.15, 0.2) is 6.10 Å². The predicted octanol–water partition coefficient (Wildman–Crippen LogP) is 16.8. The Bertz CT molecular complexity index is 914. The van der Waals surface area contributed by atoms with Crippen molar-refractivity contribution in [1.82, 2.24) is 0 Å². The van der Waals surface area contributed by atoms with Gasteiger partial charge in [-0.2, -0.15) is 0 Å². The molecule has 0 aromatic heterocycles. The number of esters is 3. The Balaban J connectivity index is 4.32. The summed E-state index contributed by atoms with van der Waals surface area (Å²) in [5.74, 6) is 1.61. The normalized spacial score (nSPS) is 12.2. The summed E-state index contributed by atoms with van der Waals surface area (Å²) >= 11 is 0. The highest BCUT2D eigenvalue weighted by atomic mass is 16.6. The van der Waals surface area contributed by atoms with E-state index in [1.165, 1.54) is 167 Å². The molecule has 0 fully saturated rings. The van der Waals surface area contributed by atoms with Crippen LogP contribution in [0.15, 0.2) is 0 Å². The predicted molar refractivity (Wildman–Crippen MR) is 252 cm³/mol. The van der Waals surface area contributed by atoms with Crippen LogP contribution in [0.25, 0.3) is 0 Å². The number of carbonyl (C=O) groups excluding carboxylic acids is 3. The smallest absolute Gasteiger partial charge is 0.306 e. The molecule has 0 aliphatic rings. The summed E-state index contributed by atoms with van der Waals surface area (Å²) in [7, 11) is 0. The lowest BCUT2D eigenvalue weighted by atomic mass is 10.0. The Morgan fingerprint density at radius 2 is 0.492 bits per heavy atom. The first-order chi connectivity index (χ1) is 28.6. The first-order valence-corrected chi connectivity index (χ1v) is 26.1. The summed E-state index contributed by atoms with van der Waals surface area (Å²) in [6, 6.07) is 0. The summed E-state index contributed by atoms with van der Waals surface area (Å²) in [5, 5.41) is 0. The number of hydrogen-bond acceptors (Lipinski definition) is 6. The van der Waals surface area contributed by atoms with E-state index in [-0.39, 0.29) is 31.1 Å². The molecular formula is C53H102O6. The molecule has 0 aromatic rings. The molecule has 0 heterocycles. The Hall–Kier alpha value is -1.59. The van der Waals surface area contributed by atoms with Crippen molar-refractivity contribution in [3.63, 3.8) is 0 Å². The van der Waals surface area contributed by atoms with Gasteiger partial charge in [0.25, 0.3) is 0 Å². The lowest BCUT2D eigenvalue weighted by molar-refractivity contribution is -0.167. The largest absolute Gasteiger partial charge is 0.462 e. The molecule has 0 unspecified atom stereocenters. The topological polar surface area (TPSA) is 78.9 Å². The van der Waals surface area contributed by atoms with E-state index >= 15 is 0 Å². The van der Waals surface area contributed by atoms with Crippen LogP contribution in [-0.4, -0.2) is 37.2 Å². The zero-order chi connectivity index (χ0) is 43.4. The van der Waals surface area contributed by atoms with E-state index in [1.807, 2.05) is 0 Å². The molecule has 0 saturated carbocycles. The fourth-order valence-corrected chi connectivity index (χ4v) is 7.94. The van der Waals surface area contributed by atoms with Crippen LogP contribution < -0.4 is 0 Å². The summed E-state index contributed by atoms with van der Waals surface area (Å²) in [5.41, 5.74) is 0. The second-order valence-electron chi connectivity index (χ2n) is 19.6. The molecule has 0 amide bonds. The Morgan fingerprint density at radius 3 is 0.729 bits per heavy atom. The van der Waals surface area contributed by atoms with Gasteiger partial charge < -0.3 is 14.2 Å². The molecular weight excluding hydrogens is 733 g/mol. The minimum atomic E-state index is -0.763. The third kappa shape index (κ3) is 47.3. The average Bonchev–Trinajstić information content (AvgIpc) is 3.19. The van der Waals surface area contributed by atoms with Crippen LogP contribution in [0.4, 0.5) is 0 Å². The van der Waals surface area contributed by atoms with Crippen LogP contribution in [0.3, 0.4) is 0 Å². The van der Waals surface area contributed by atoms with Gasteiger partial charge in [-0.1, -0.05) is 247 Å². The lowest BCUT2D eigenvalue weighted by Gasteiger charge is -2.18. The highest BCUT2D eigenvalue weighted by Gasteiger charge is 2.19. The van der Waals surface area contributed by atoms with Gasteiger partial charge in [0.2, 0.25) is 0 Å². The standard InChI is InChI=1S/C53H102O6/c1-47(2)39-33-27-21-15-10-7-8-12-18-24-30-36-42-51(54)57-45-50(46-58-52(55)43-37-31-25-20-14-17-23-29-35-41-49(5)6)59-53(56)44-38-32-26-19-13-9-11-16-22-28-34-40-48(3)4/h47-50H,7-46H2,1-6H3/t50-/m1/s1. The Kier molecular flexibility index (Phi) is 43.3. The third-order valence-corrected chi connectivity index (χ3v) is 11.9. The first-order valence-electron chi connectivity index (χ1n) is 26.1. The van der Waals surface area contributed by atoms with Crippen LogP contribution in [-0.2, 0) is 28.6 Å². The van der Waals surface area contributed by atoms with Crippen LogP contribution >= 0.6 is 0 Å². The molecule has 0 N–H and O–H groups in total. The summed E-state index contributed by atoms with van der Waals surface area (Å²) in [6.45, 7) is 13.7. The second kappa shape index (κ2) is 44.5. The van der Waals surface area contributed by atoms with E-state index in [4.69, 9.17) is 14.2 Å². The van der Waals surface area contributed by atoms with Crippen molar-refractivity contribution in [2.24, 2.45) is 17.8 Å². The maximum Gasteiger partial charge on any atom is 0.306 e. The van der Waals surface area contributed by atoms with Gasteiger partial charge in [-0.15, -0.1) is 0 Å². The Labute approximate surface area is 368 Å². The van der Waals surface area contributed by atoms with Crippen molar-refractivity contribution in [2.45, 2.75) is 292 Å². The molecule has 350 valence electrons. The minimum absolute atomic E-state index is 0.0647. The molecule has 0 rings (SSSR count). The van der Waals surface area contributed by atoms with Crippen molar-refractivity contribution in [3.8, 4) is 0 Å². The van der Waals surface area contributed by atoms with Gasteiger partial charge in [0.05, 0.1) is 0 Å². The van der Waals surface area contributed by atoms with E-state index < -0.39 is 6.10 Å². The van der Waals surface area contributed by atoms with Crippen LogP contribution in [0.5, 0.6) is 0 Å². The Morgan fingerprint density at radius 1 is 0.288 bits per heavy atom. The van der Waals surface area contributed by atoms with Crippen LogP contribution in [0.2, 0.25) is 0 Å². The van der Waals surface area contributed by atoms with E-state index in [2.05, 4.69) is 41.5 Å². The fourth-order valence-electron chi connectivity index (χ4n) is 7.94. The first kappa shape index (κ1) is 57.4. The quantitative estimate of drug-likeness (QED) is 0.0345. The van der Waals surface area contributed by atoms with E-state index in [0.29, 0.717) is 19.3 Å². The van der Waals surface area contributed by atoms with Crippen molar-refractivity contribution in [2.75, 3.05) is 13.2 Å². The number of hydrogen-bond donors (Lipinski definition) is 0.